The minimum absolute atomic E-state index is 0.0259. The molecule has 1 amide bonds. The summed E-state index contributed by atoms with van der Waals surface area (Å²) >= 11 is 0. The van der Waals surface area contributed by atoms with Gasteiger partial charge in [-0.25, -0.2) is 9.89 Å². The highest BCUT2D eigenvalue weighted by Gasteiger charge is 2.18. The van der Waals surface area contributed by atoms with Crippen molar-refractivity contribution in [1.29, 1.82) is 0 Å². The Morgan fingerprint density at radius 1 is 1.15 bits per heavy atom. The highest BCUT2D eigenvalue weighted by molar-refractivity contribution is 5.90. The molecule has 2 aromatic carbocycles. The van der Waals surface area contributed by atoms with Gasteiger partial charge in [0.25, 0.3) is 0 Å². The zero-order valence-corrected chi connectivity index (χ0v) is 14.7. The number of amides is 1. The number of anilines is 1. The fourth-order valence-electron chi connectivity index (χ4n) is 3.31. The smallest absolute Gasteiger partial charge is 0.326 e. The van der Waals surface area contributed by atoms with Crippen molar-refractivity contribution in [2.24, 2.45) is 0 Å². The van der Waals surface area contributed by atoms with E-state index in [4.69, 9.17) is 0 Å². The minimum atomic E-state index is -0.409. The van der Waals surface area contributed by atoms with Crippen LogP contribution in [0.4, 0.5) is 5.69 Å². The van der Waals surface area contributed by atoms with Gasteiger partial charge in [0.15, 0.2) is 0 Å². The third-order valence-electron chi connectivity index (χ3n) is 4.75. The number of carbonyl (C=O) groups is 1. The van der Waals surface area contributed by atoms with Gasteiger partial charge in [0.1, 0.15) is 0 Å². The summed E-state index contributed by atoms with van der Waals surface area (Å²) in [6.07, 6.45) is 2.18. The lowest BCUT2D eigenvalue weighted by Gasteiger charge is -2.26. The van der Waals surface area contributed by atoms with E-state index in [0.29, 0.717) is 23.8 Å². The van der Waals surface area contributed by atoms with Gasteiger partial charge in [-0.2, -0.15) is 4.68 Å². The zero-order chi connectivity index (χ0) is 18.6. The van der Waals surface area contributed by atoms with Crippen LogP contribution in [-0.2, 0) is 17.8 Å². The molecule has 1 aliphatic heterocycles. The molecule has 4 rings (SSSR count). The van der Waals surface area contributed by atoms with Crippen LogP contribution in [0.15, 0.2) is 53.3 Å². The number of fused-ring (bicyclic) bond motifs is 1. The SMILES string of the molecule is O=C(CCC1Cc2ccccc2CN1)Nc1ccc(-n2nn[nH]c2=O)cc1. The Balaban J connectivity index is 1.30. The van der Waals surface area contributed by atoms with Crippen LogP contribution in [-0.4, -0.2) is 32.2 Å². The Labute approximate surface area is 155 Å². The molecule has 0 saturated carbocycles. The third-order valence-corrected chi connectivity index (χ3v) is 4.75. The maximum absolute atomic E-state index is 12.2. The van der Waals surface area contributed by atoms with Crippen molar-refractivity contribution in [2.45, 2.75) is 31.8 Å². The molecule has 138 valence electrons. The van der Waals surface area contributed by atoms with Crippen LogP contribution in [0.3, 0.4) is 0 Å². The summed E-state index contributed by atoms with van der Waals surface area (Å²) in [6, 6.07) is 15.6. The zero-order valence-electron chi connectivity index (χ0n) is 14.7. The van der Waals surface area contributed by atoms with E-state index in [1.165, 1.54) is 11.1 Å². The summed E-state index contributed by atoms with van der Waals surface area (Å²) in [6.45, 7) is 0.853. The Kier molecular flexibility index (Phi) is 4.80. The van der Waals surface area contributed by atoms with Gasteiger partial charge in [-0.15, -0.1) is 0 Å². The fraction of sp³-hybridized carbons (Fsp3) is 0.263. The molecular formula is C19H20N6O2. The first-order valence-corrected chi connectivity index (χ1v) is 8.90. The molecule has 0 saturated heterocycles. The molecule has 0 aliphatic carbocycles. The van der Waals surface area contributed by atoms with E-state index in [1.807, 2.05) is 0 Å². The number of nitrogens with zero attached hydrogens (tertiary/aromatic N) is 3. The molecule has 3 N–H and O–H groups in total. The number of aromatic amines is 1. The first-order valence-electron chi connectivity index (χ1n) is 8.90. The number of nitrogens with one attached hydrogen (secondary N) is 3. The second kappa shape index (κ2) is 7.55. The fourth-order valence-corrected chi connectivity index (χ4v) is 3.31. The molecule has 8 nitrogen and oxygen atoms in total. The molecule has 3 aromatic rings. The normalized spacial score (nSPS) is 15.9. The highest BCUT2D eigenvalue weighted by Crippen LogP contribution is 2.19. The van der Waals surface area contributed by atoms with Gasteiger partial charge < -0.3 is 10.6 Å². The second-order valence-corrected chi connectivity index (χ2v) is 6.60. The molecule has 1 atom stereocenters. The predicted molar refractivity (Wildman–Crippen MR) is 101 cm³/mol. The standard InChI is InChI=1S/C19H20N6O2/c26-18(10-7-16-11-13-3-1-2-4-14(13)12-20-16)21-15-5-8-17(9-6-15)25-19(27)22-23-24-25/h1-6,8-9,16,20H,7,10-12H2,(H,21,26)(H,22,24,27). The number of carbonyl (C=O) groups excluding carboxylic acids is 1. The molecular weight excluding hydrogens is 344 g/mol. The molecule has 0 radical (unpaired) electrons. The first-order chi connectivity index (χ1) is 13.2. The van der Waals surface area contributed by atoms with E-state index in [9.17, 15) is 9.59 Å². The van der Waals surface area contributed by atoms with Crippen molar-refractivity contribution in [3.05, 3.63) is 70.1 Å². The molecule has 0 spiro atoms. The van der Waals surface area contributed by atoms with E-state index in [-0.39, 0.29) is 5.91 Å². The molecule has 0 fully saturated rings. The van der Waals surface area contributed by atoms with Crippen molar-refractivity contribution < 1.29 is 4.79 Å². The highest BCUT2D eigenvalue weighted by atomic mass is 16.2. The van der Waals surface area contributed by atoms with Crippen molar-refractivity contribution >= 4 is 11.6 Å². The lowest BCUT2D eigenvalue weighted by Crippen LogP contribution is -2.36. The number of hydrogen-bond acceptors (Lipinski definition) is 5. The number of rotatable bonds is 5. The Morgan fingerprint density at radius 2 is 1.93 bits per heavy atom. The van der Waals surface area contributed by atoms with Crippen LogP contribution in [0.1, 0.15) is 24.0 Å². The number of benzene rings is 2. The third kappa shape index (κ3) is 3.95. The molecule has 0 bridgehead atoms. The average Bonchev–Trinajstić information content (AvgIpc) is 3.13. The molecule has 27 heavy (non-hydrogen) atoms. The summed E-state index contributed by atoms with van der Waals surface area (Å²) < 4.78 is 1.15. The van der Waals surface area contributed by atoms with E-state index in [0.717, 1.165) is 24.1 Å². The minimum Gasteiger partial charge on any atom is -0.326 e. The molecule has 1 aromatic heterocycles. The van der Waals surface area contributed by atoms with Gasteiger partial charge in [0.2, 0.25) is 5.91 Å². The van der Waals surface area contributed by atoms with Gasteiger partial charge in [-0.3, -0.25) is 4.79 Å². The first kappa shape index (κ1) is 17.2. The van der Waals surface area contributed by atoms with Crippen LogP contribution in [0.2, 0.25) is 0 Å². The second-order valence-electron chi connectivity index (χ2n) is 6.60. The van der Waals surface area contributed by atoms with Gasteiger partial charge in [0.05, 0.1) is 5.69 Å². The Hall–Kier alpha value is -3.26. The topological polar surface area (TPSA) is 105 Å². The molecule has 1 aliphatic rings. The van der Waals surface area contributed by atoms with Crippen molar-refractivity contribution in [3.8, 4) is 5.69 Å². The average molecular weight is 364 g/mol. The van der Waals surface area contributed by atoms with Crippen molar-refractivity contribution in [2.75, 3.05) is 5.32 Å². The Bertz CT molecular complexity index is 992. The van der Waals surface area contributed by atoms with Crippen LogP contribution < -0.4 is 16.3 Å². The lowest BCUT2D eigenvalue weighted by molar-refractivity contribution is -0.116. The maximum atomic E-state index is 12.2. The van der Waals surface area contributed by atoms with Crippen LogP contribution in [0, 0.1) is 0 Å². The van der Waals surface area contributed by atoms with E-state index in [1.54, 1.807) is 24.3 Å². The predicted octanol–water partition coefficient (Wildman–Crippen LogP) is 1.39. The van der Waals surface area contributed by atoms with Crippen LogP contribution in [0.5, 0.6) is 0 Å². The maximum Gasteiger partial charge on any atom is 0.365 e. The molecule has 2 heterocycles. The van der Waals surface area contributed by atoms with E-state index < -0.39 is 5.69 Å². The van der Waals surface area contributed by atoms with Crippen molar-refractivity contribution in [3.63, 3.8) is 0 Å². The summed E-state index contributed by atoms with van der Waals surface area (Å²) in [5.74, 6) is -0.0259. The lowest BCUT2D eigenvalue weighted by atomic mass is 9.93. The summed E-state index contributed by atoms with van der Waals surface area (Å²) in [5.41, 5.74) is 3.55. The van der Waals surface area contributed by atoms with Crippen LogP contribution in [0.25, 0.3) is 5.69 Å². The summed E-state index contributed by atoms with van der Waals surface area (Å²) in [4.78, 5) is 23.7. The van der Waals surface area contributed by atoms with E-state index in [2.05, 4.69) is 50.4 Å². The number of H-pyrrole nitrogens is 1. The molecule has 8 heteroatoms. The largest absolute Gasteiger partial charge is 0.365 e. The van der Waals surface area contributed by atoms with Gasteiger partial charge >= 0.3 is 5.69 Å². The Morgan fingerprint density at radius 3 is 2.67 bits per heavy atom. The monoisotopic (exact) mass is 364 g/mol. The van der Waals surface area contributed by atoms with Gasteiger partial charge in [0, 0.05) is 24.7 Å². The number of hydrogen-bond donors (Lipinski definition) is 3. The summed E-state index contributed by atoms with van der Waals surface area (Å²) in [5, 5.41) is 15.8. The molecule has 1 unspecified atom stereocenters. The van der Waals surface area contributed by atoms with Crippen LogP contribution >= 0.6 is 0 Å². The number of aromatic nitrogens is 4. The number of tetrazole rings is 1. The van der Waals surface area contributed by atoms with Gasteiger partial charge in [-0.1, -0.05) is 24.3 Å². The van der Waals surface area contributed by atoms with Crippen molar-refractivity contribution in [1.82, 2.24) is 25.5 Å². The quantitative estimate of drug-likeness (QED) is 0.635. The van der Waals surface area contributed by atoms with Gasteiger partial charge in [-0.05, 0) is 58.7 Å². The van der Waals surface area contributed by atoms with E-state index >= 15 is 0 Å². The summed E-state index contributed by atoms with van der Waals surface area (Å²) in [7, 11) is 0.